The summed E-state index contributed by atoms with van der Waals surface area (Å²) in [4.78, 5) is 28.7. The van der Waals surface area contributed by atoms with Gasteiger partial charge in [0.15, 0.2) is 0 Å². The Morgan fingerprint density at radius 2 is 2.06 bits per heavy atom. The molecule has 32 heavy (non-hydrogen) atoms. The molecule has 1 heterocycles. The number of hydrazone groups is 1. The lowest BCUT2D eigenvalue weighted by Crippen LogP contribution is -2.32. The van der Waals surface area contributed by atoms with Crippen LogP contribution in [0.5, 0.6) is 11.5 Å². The molecule has 2 N–H and O–H groups in total. The molecule has 1 aliphatic heterocycles. The molecule has 2 aromatic rings. The predicted molar refractivity (Wildman–Crippen MR) is 131 cm³/mol. The highest BCUT2D eigenvalue weighted by Gasteiger charge is 2.15. The molecule has 0 radical (unpaired) electrons. The first-order valence-electron chi connectivity index (χ1n) is 9.94. The van der Waals surface area contributed by atoms with Gasteiger partial charge in [-0.15, -0.1) is 0 Å². The van der Waals surface area contributed by atoms with Crippen molar-refractivity contribution in [1.29, 1.82) is 0 Å². The monoisotopic (exact) mass is 472 g/mol. The van der Waals surface area contributed by atoms with Crippen LogP contribution in [-0.2, 0) is 15.3 Å². The molecule has 0 saturated carbocycles. The second-order valence-electron chi connectivity index (χ2n) is 6.44. The molecule has 2 amide bonds. The standard InChI is InChI=1S/C22H24N4O4S2/c1-3-30-19-7-5-4-6-17(19)25-20(27)21(28)26-24-13-15-8-9-18(29-2)16(12-15)14-32-22-23-10-11-31-22/h4-9,12-13H,3,10-11,14H2,1-2H3,(H,25,27)(H,26,28). The van der Waals surface area contributed by atoms with Gasteiger partial charge in [0, 0.05) is 17.1 Å². The van der Waals surface area contributed by atoms with Crippen LogP contribution < -0.4 is 20.2 Å². The van der Waals surface area contributed by atoms with Crippen molar-refractivity contribution in [2.24, 2.45) is 10.1 Å². The van der Waals surface area contributed by atoms with Crippen LogP contribution in [0.3, 0.4) is 0 Å². The third kappa shape index (κ3) is 6.76. The summed E-state index contributed by atoms with van der Waals surface area (Å²) in [7, 11) is 1.63. The maximum Gasteiger partial charge on any atom is 0.329 e. The van der Waals surface area contributed by atoms with Gasteiger partial charge < -0.3 is 14.8 Å². The molecule has 10 heteroatoms. The van der Waals surface area contributed by atoms with E-state index in [4.69, 9.17) is 9.47 Å². The zero-order valence-corrected chi connectivity index (χ0v) is 19.4. The van der Waals surface area contributed by atoms with E-state index < -0.39 is 11.8 Å². The fourth-order valence-corrected chi connectivity index (χ4v) is 4.77. The smallest absolute Gasteiger partial charge is 0.329 e. The summed E-state index contributed by atoms with van der Waals surface area (Å²) in [5, 5.41) is 6.43. The van der Waals surface area contributed by atoms with Gasteiger partial charge in [-0.2, -0.15) is 5.10 Å². The number of nitrogens with one attached hydrogen (secondary N) is 2. The number of nitrogens with zero attached hydrogens (tertiary/aromatic N) is 2. The molecule has 0 aliphatic carbocycles. The van der Waals surface area contributed by atoms with Crippen LogP contribution in [0.25, 0.3) is 0 Å². The first-order chi connectivity index (χ1) is 15.6. The lowest BCUT2D eigenvalue weighted by atomic mass is 10.1. The van der Waals surface area contributed by atoms with Gasteiger partial charge in [0.05, 0.1) is 32.2 Å². The predicted octanol–water partition coefficient (Wildman–Crippen LogP) is 3.52. The fraction of sp³-hybridized carbons (Fsp3) is 0.273. The van der Waals surface area contributed by atoms with E-state index in [-0.39, 0.29) is 0 Å². The van der Waals surface area contributed by atoms with Gasteiger partial charge in [0.1, 0.15) is 15.9 Å². The molecule has 0 saturated heterocycles. The lowest BCUT2D eigenvalue weighted by Gasteiger charge is -2.10. The quantitative estimate of drug-likeness (QED) is 0.346. The zero-order chi connectivity index (χ0) is 22.8. The average molecular weight is 473 g/mol. The SMILES string of the molecule is CCOc1ccccc1NC(=O)C(=O)NN=Cc1ccc(OC)c(CSC2=NCCS2)c1. The van der Waals surface area contributed by atoms with Gasteiger partial charge in [-0.25, -0.2) is 5.43 Å². The highest BCUT2D eigenvalue weighted by atomic mass is 32.2. The van der Waals surface area contributed by atoms with Gasteiger partial charge >= 0.3 is 11.8 Å². The summed E-state index contributed by atoms with van der Waals surface area (Å²) < 4.78 is 12.0. The Hall–Kier alpha value is -2.98. The van der Waals surface area contributed by atoms with Crippen molar-refractivity contribution >= 4 is 51.6 Å². The van der Waals surface area contributed by atoms with Gasteiger partial charge in [0.2, 0.25) is 0 Å². The Bertz CT molecular complexity index is 1030. The van der Waals surface area contributed by atoms with Crippen LogP contribution in [-0.4, -0.2) is 48.4 Å². The molecule has 0 atom stereocenters. The minimum atomic E-state index is -0.881. The third-order valence-electron chi connectivity index (χ3n) is 4.23. The van der Waals surface area contributed by atoms with E-state index in [2.05, 4.69) is 20.8 Å². The van der Waals surface area contributed by atoms with E-state index in [1.54, 1.807) is 54.9 Å². The first kappa shape index (κ1) is 23.7. The summed E-state index contributed by atoms with van der Waals surface area (Å²) >= 11 is 3.42. The summed E-state index contributed by atoms with van der Waals surface area (Å²) in [6, 6.07) is 12.5. The van der Waals surface area contributed by atoms with Gasteiger partial charge in [-0.1, -0.05) is 35.7 Å². The van der Waals surface area contributed by atoms with Crippen molar-refractivity contribution in [2.75, 3.05) is 31.3 Å². The third-order valence-corrected chi connectivity index (χ3v) is 6.54. The number of carbonyl (C=O) groups excluding carboxylic acids is 2. The summed E-state index contributed by atoms with van der Waals surface area (Å²) in [6.45, 7) is 3.14. The maximum absolute atomic E-state index is 12.2. The summed E-state index contributed by atoms with van der Waals surface area (Å²) in [6.07, 6.45) is 1.48. The Balaban J connectivity index is 1.58. The topological polar surface area (TPSA) is 101 Å². The van der Waals surface area contributed by atoms with E-state index in [0.29, 0.717) is 23.8 Å². The molecule has 3 rings (SSSR count). The van der Waals surface area contributed by atoms with Crippen LogP contribution in [0, 0.1) is 0 Å². The largest absolute Gasteiger partial charge is 0.496 e. The van der Waals surface area contributed by atoms with E-state index in [1.807, 2.05) is 25.1 Å². The molecular formula is C22H24N4O4S2. The van der Waals surface area contributed by atoms with Crippen LogP contribution >= 0.6 is 23.5 Å². The Labute approximate surface area is 195 Å². The molecule has 0 aromatic heterocycles. The van der Waals surface area contributed by atoms with Crippen molar-refractivity contribution in [2.45, 2.75) is 12.7 Å². The number of hydrogen-bond acceptors (Lipinski definition) is 8. The van der Waals surface area contributed by atoms with Gasteiger partial charge in [-0.3, -0.25) is 14.6 Å². The van der Waals surface area contributed by atoms with Crippen molar-refractivity contribution in [3.05, 3.63) is 53.6 Å². The average Bonchev–Trinajstić information content (AvgIpc) is 3.33. The highest BCUT2D eigenvalue weighted by molar-refractivity contribution is 8.38. The van der Waals surface area contributed by atoms with Crippen LogP contribution in [0.15, 0.2) is 52.6 Å². The van der Waals surface area contributed by atoms with Crippen LogP contribution in [0.2, 0.25) is 0 Å². The van der Waals surface area contributed by atoms with E-state index in [1.165, 1.54) is 6.21 Å². The molecule has 1 aliphatic rings. The minimum absolute atomic E-state index is 0.417. The number of hydrogen-bond donors (Lipinski definition) is 2. The highest BCUT2D eigenvalue weighted by Crippen LogP contribution is 2.29. The Morgan fingerprint density at radius 3 is 2.81 bits per heavy atom. The number of carbonyl (C=O) groups is 2. The number of para-hydroxylation sites is 2. The number of ether oxygens (including phenoxy) is 2. The molecule has 0 bridgehead atoms. The maximum atomic E-state index is 12.2. The minimum Gasteiger partial charge on any atom is -0.496 e. The van der Waals surface area contributed by atoms with Crippen molar-refractivity contribution < 1.29 is 19.1 Å². The fourth-order valence-electron chi connectivity index (χ4n) is 2.78. The van der Waals surface area contributed by atoms with Crippen molar-refractivity contribution in [3.8, 4) is 11.5 Å². The van der Waals surface area contributed by atoms with Crippen LogP contribution in [0.4, 0.5) is 5.69 Å². The Morgan fingerprint density at radius 1 is 1.22 bits per heavy atom. The normalized spacial score (nSPS) is 13.0. The number of thioether (sulfide) groups is 2. The van der Waals surface area contributed by atoms with E-state index >= 15 is 0 Å². The summed E-state index contributed by atoms with van der Waals surface area (Å²) in [5.41, 5.74) is 4.43. The van der Waals surface area contributed by atoms with E-state index in [9.17, 15) is 9.59 Å². The molecule has 2 aromatic carbocycles. The number of amides is 2. The molecular weight excluding hydrogens is 448 g/mol. The summed E-state index contributed by atoms with van der Waals surface area (Å²) in [5.74, 6) is 1.28. The second-order valence-corrected chi connectivity index (χ2v) is 8.74. The van der Waals surface area contributed by atoms with Gasteiger partial charge in [0.25, 0.3) is 0 Å². The molecule has 0 unspecified atom stereocenters. The number of methoxy groups -OCH3 is 1. The number of aliphatic imine (C=N–C) groups is 1. The number of benzene rings is 2. The first-order valence-corrected chi connectivity index (χ1v) is 11.9. The van der Waals surface area contributed by atoms with Crippen molar-refractivity contribution in [1.82, 2.24) is 5.43 Å². The van der Waals surface area contributed by atoms with Crippen LogP contribution in [0.1, 0.15) is 18.1 Å². The van der Waals surface area contributed by atoms with Gasteiger partial charge in [-0.05, 0) is 42.8 Å². The number of rotatable bonds is 8. The molecule has 168 valence electrons. The molecule has 8 nitrogen and oxygen atoms in total. The number of anilines is 1. The second kappa shape index (κ2) is 12.2. The zero-order valence-electron chi connectivity index (χ0n) is 17.8. The molecule has 0 spiro atoms. The van der Waals surface area contributed by atoms with E-state index in [0.717, 1.165) is 33.5 Å². The molecule has 0 fully saturated rings. The lowest BCUT2D eigenvalue weighted by molar-refractivity contribution is -0.136. The van der Waals surface area contributed by atoms with Crippen molar-refractivity contribution in [3.63, 3.8) is 0 Å². The Kier molecular flexibility index (Phi) is 9.00.